The fourth-order valence-electron chi connectivity index (χ4n) is 5.76. The van der Waals surface area contributed by atoms with Gasteiger partial charge in [-0.1, -0.05) is 72.5 Å². The molecule has 268 valence electrons. The second-order valence-corrected chi connectivity index (χ2v) is 13.0. The third kappa shape index (κ3) is 9.11. The quantitative estimate of drug-likeness (QED) is 0.155. The highest BCUT2D eigenvalue weighted by Crippen LogP contribution is 2.41. The molecule has 1 aliphatic rings. The number of aryl methyl sites for hydroxylation is 1. The van der Waals surface area contributed by atoms with Crippen LogP contribution in [0.1, 0.15) is 78.9 Å². The number of likely N-dealkylation sites (N-methyl/N-ethyl adjacent to an activating group) is 1. The molecule has 1 aromatic heterocycles. The molecule has 4 aromatic rings. The van der Waals surface area contributed by atoms with E-state index in [4.69, 9.17) is 14.2 Å². The van der Waals surface area contributed by atoms with Crippen LogP contribution in [0.4, 0.5) is 16.4 Å². The van der Waals surface area contributed by atoms with Gasteiger partial charge in [0.05, 0.1) is 30.3 Å². The molecule has 0 aliphatic carbocycles. The summed E-state index contributed by atoms with van der Waals surface area (Å²) in [4.78, 5) is 65.8. The molecule has 3 amide bonds. The summed E-state index contributed by atoms with van der Waals surface area (Å²) < 4.78 is 16.3. The van der Waals surface area contributed by atoms with E-state index in [2.05, 4.69) is 27.1 Å². The Hall–Kier alpha value is -6.22. The van der Waals surface area contributed by atoms with Crippen molar-refractivity contribution in [3.05, 3.63) is 113 Å². The molecule has 2 unspecified atom stereocenters. The summed E-state index contributed by atoms with van der Waals surface area (Å²) in [5, 5.41) is 2.50. The molecule has 0 saturated carbocycles. The predicted octanol–water partition coefficient (Wildman–Crippen LogP) is 6.42. The van der Waals surface area contributed by atoms with Crippen molar-refractivity contribution in [3.63, 3.8) is 0 Å². The van der Waals surface area contributed by atoms with E-state index in [0.717, 1.165) is 0 Å². The normalized spacial score (nSPS) is 14.7. The Bertz CT molecular complexity index is 2000. The van der Waals surface area contributed by atoms with Crippen LogP contribution < -0.4 is 15.0 Å². The molecule has 12 heteroatoms. The van der Waals surface area contributed by atoms with E-state index in [1.165, 1.54) is 9.80 Å². The molecule has 5 rings (SSSR count). The number of amides is 3. The number of aromatic nitrogens is 2. The van der Waals surface area contributed by atoms with E-state index in [1.807, 2.05) is 48.5 Å². The second kappa shape index (κ2) is 16.2. The van der Waals surface area contributed by atoms with Gasteiger partial charge in [0, 0.05) is 24.4 Å². The minimum atomic E-state index is -1.04. The standard InChI is InChI=1S/C40H41N5O7/c1-7-50-34(46)25-32(28-16-10-8-11-17-28)45-35(29-18-12-9-13-19-29)37(48)44(6)31-21-20-27(24-30(31)36(45)47)15-14-22-51-33-23-26(2)41-38(42-33)43-39(49)52-40(3,4)5/h8-13,16-21,23-24,32,35H,7,22,25H2,1-6H3,(H,41,42,43,49). The van der Waals surface area contributed by atoms with Crippen LogP contribution in [0.2, 0.25) is 0 Å². The maximum Gasteiger partial charge on any atom is 0.414 e. The van der Waals surface area contributed by atoms with Gasteiger partial charge >= 0.3 is 12.1 Å². The molecule has 0 saturated heterocycles. The fourth-order valence-corrected chi connectivity index (χ4v) is 5.76. The fraction of sp³-hybridized carbons (Fsp3) is 0.300. The minimum Gasteiger partial charge on any atom is -0.466 e. The van der Waals surface area contributed by atoms with Crippen LogP contribution in [-0.2, 0) is 19.1 Å². The number of nitrogens with one attached hydrogen (secondary N) is 1. The van der Waals surface area contributed by atoms with Gasteiger partial charge in [0.15, 0.2) is 6.61 Å². The van der Waals surface area contributed by atoms with Gasteiger partial charge in [0.1, 0.15) is 11.6 Å². The van der Waals surface area contributed by atoms with Crippen molar-refractivity contribution in [3.8, 4) is 17.7 Å². The Balaban J connectivity index is 1.46. The third-order valence-electron chi connectivity index (χ3n) is 7.93. The maximum absolute atomic E-state index is 14.8. The number of nitrogens with zero attached hydrogens (tertiary/aromatic N) is 4. The number of carbonyl (C=O) groups excluding carboxylic acids is 4. The summed E-state index contributed by atoms with van der Waals surface area (Å²) in [6.07, 6.45) is -0.855. The molecular weight excluding hydrogens is 662 g/mol. The zero-order chi connectivity index (χ0) is 37.4. The minimum absolute atomic E-state index is 0.0234. The summed E-state index contributed by atoms with van der Waals surface area (Å²) in [6, 6.07) is 23.0. The van der Waals surface area contributed by atoms with Crippen LogP contribution in [-0.4, -0.2) is 64.6 Å². The van der Waals surface area contributed by atoms with Crippen LogP contribution >= 0.6 is 0 Å². The van der Waals surface area contributed by atoms with Crippen molar-refractivity contribution in [2.45, 2.75) is 58.7 Å². The Kier molecular flexibility index (Phi) is 11.5. The van der Waals surface area contributed by atoms with Crippen molar-refractivity contribution >= 4 is 35.5 Å². The van der Waals surface area contributed by atoms with Gasteiger partial charge in [-0.3, -0.25) is 19.7 Å². The first-order chi connectivity index (χ1) is 24.8. The first-order valence-electron chi connectivity index (χ1n) is 16.8. The van der Waals surface area contributed by atoms with Gasteiger partial charge in [-0.2, -0.15) is 4.98 Å². The van der Waals surface area contributed by atoms with E-state index < -0.39 is 35.7 Å². The number of rotatable bonds is 9. The zero-order valence-corrected chi connectivity index (χ0v) is 30.0. The second-order valence-electron chi connectivity index (χ2n) is 13.0. The molecule has 1 N–H and O–H groups in total. The van der Waals surface area contributed by atoms with Crippen LogP contribution in [0.25, 0.3) is 0 Å². The molecule has 0 bridgehead atoms. The van der Waals surface area contributed by atoms with E-state index in [0.29, 0.717) is 28.1 Å². The lowest BCUT2D eigenvalue weighted by Gasteiger charge is -2.37. The summed E-state index contributed by atoms with van der Waals surface area (Å²) in [6.45, 7) is 8.81. The van der Waals surface area contributed by atoms with E-state index in [9.17, 15) is 19.2 Å². The molecule has 1 aliphatic heterocycles. The van der Waals surface area contributed by atoms with Gasteiger partial charge in [0.25, 0.3) is 11.8 Å². The Morgan fingerprint density at radius 2 is 1.65 bits per heavy atom. The molecule has 2 atom stereocenters. The Morgan fingerprint density at radius 1 is 0.962 bits per heavy atom. The van der Waals surface area contributed by atoms with E-state index in [-0.39, 0.29) is 42.9 Å². The van der Waals surface area contributed by atoms with Crippen LogP contribution in [0.5, 0.6) is 5.88 Å². The number of anilines is 2. The lowest BCUT2D eigenvalue weighted by atomic mass is 9.95. The predicted molar refractivity (Wildman–Crippen MR) is 195 cm³/mol. The Morgan fingerprint density at radius 3 is 2.33 bits per heavy atom. The van der Waals surface area contributed by atoms with Crippen LogP contribution in [0, 0.1) is 18.8 Å². The molecular formula is C40H41N5O7. The first-order valence-corrected chi connectivity index (χ1v) is 16.8. The average molecular weight is 704 g/mol. The summed E-state index contributed by atoms with van der Waals surface area (Å²) >= 11 is 0. The molecule has 2 heterocycles. The van der Waals surface area contributed by atoms with Crippen LogP contribution in [0.15, 0.2) is 84.9 Å². The number of hydrogen-bond donors (Lipinski definition) is 1. The molecule has 52 heavy (non-hydrogen) atoms. The topological polar surface area (TPSA) is 140 Å². The average Bonchev–Trinajstić information content (AvgIpc) is 3.17. The van der Waals surface area contributed by atoms with E-state index >= 15 is 0 Å². The van der Waals surface area contributed by atoms with Gasteiger partial charge in [0.2, 0.25) is 11.8 Å². The zero-order valence-electron chi connectivity index (χ0n) is 30.0. The van der Waals surface area contributed by atoms with Gasteiger partial charge in [-0.05, 0) is 63.9 Å². The van der Waals surface area contributed by atoms with Crippen molar-refractivity contribution in [1.29, 1.82) is 0 Å². The van der Waals surface area contributed by atoms with Crippen LogP contribution in [0.3, 0.4) is 0 Å². The first kappa shape index (κ1) is 37.0. The number of ether oxygens (including phenoxy) is 3. The number of carbonyl (C=O) groups is 4. The number of benzene rings is 3. The van der Waals surface area contributed by atoms with Crippen molar-refractivity contribution in [2.24, 2.45) is 0 Å². The molecule has 0 spiro atoms. The number of fused-ring (bicyclic) bond motifs is 1. The number of esters is 1. The van der Waals surface area contributed by atoms with Gasteiger partial charge < -0.3 is 24.0 Å². The monoisotopic (exact) mass is 703 g/mol. The highest BCUT2D eigenvalue weighted by molar-refractivity contribution is 6.11. The molecule has 0 fully saturated rings. The smallest absolute Gasteiger partial charge is 0.414 e. The lowest BCUT2D eigenvalue weighted by Crippen LogP contribution is -2.44. The summed E-state index contributed by atoms with van der Waals surface area (Å²) in [5.74, 6) is 4.92. The SMILES string of the molecule is CCOC(=O)CC(c1ccccc1)N1C(=O)c2cc(C#CCOc3cc(C)nc(NC(=O)OC(C)(C)C)n3)ccc2N(C)C(=O)C1c1ccccc1. The third-order valence-corrected chi connectivity index (χ3v) is 7.93. The van der Waals surface area contributed by atoms with Crippen molar-refractivity contribution in [1.82, 2.24) is 14.9 Å². The molecule has 0 radical (unpaired) electrons. The summed E-state index contributed by atoms with van der Waals surface area (Å²) in [5.41, 5.74) is 2.31. The summed E-state index contributed by atoms with van der Waals surface area (Å²) in [7, 11) is 1.63. The van der Waals surface area contributed by atoms with Gasteiger partial charge in [-0.15, -0.1) is 0 Å². The molecule has 3 aromatic carbocycles. The number of hydrogen-bond acceptors (Lipinski definition) is 9. The van der Waals surface area contributed by atoms with Crippen molar-refractivity contribution in [2.75, 3.05) is 30.5 Å². The highest BCUT2D eigenvalue weighted by Gasteiger charge is 2.43. The largest absolute Gasteiger partial charge is 0.466 e. The van der Waals surface area contributed by atoms with Gasteiger partial charge in [-0.25, -0.2) is 9.78 Å². The maximum atomic E-state index is 14.8. The lowest BCUT2D eigenvalue weighted by molar-refractivity contribution is -0.145. The van der Waals surface area contributed by atoms with E-state index in [1.54, 1.807) is 78.1 Å². The highest BCUT2D eigenvalue weighted by atomic mass is 16.6. The Labute approximate surface area is 303 Å². The van der Waals surface area contributed by atoms with Crippen molar-refractivity contribution < 1.29 is 33.4 Å². The molecule has 12 nitrogen and oxygen atoms in total.